The molecule has 1 aliphatic rings. The first-order valence-corrected chi connectivity index (χ1v) is 7.33. The molecular formula is C14H17FINO. The fourth-order valence-electron chi connectivity index (χ4n) is 2.39. The van der Waals surface area contributed by atoms with Crippen LogP contribution in [0.4, 0.5) is 4.39 Å². The lowest BCUT2D eigenvalue weighted by Crippen LogP contribution is -2.45. The van der Waals surface area contributed by atoms with Gasteiger partial charge >= 0.3 is 0 Å². The van der Waals surface area contributed by atoms with Crippen molar-refractivity contribution in [3.8, 4) is 0 Å². The molecule has 0 N–H and O–H groups in total. The first-order chi connectivity index (χ1) is 8.49. The van der Waals surface area contributed by atoms with Crippen molar-refractivity contribution in [3.05, 3.63) is 33.1 Å². The molecular weight excluding hydrogens is 344 g/mol. The van der Waals surface area contributed by atoms with Gasteiger partial charge < -0.3 is 4.90 Å². The van der Waals surface area contributed by atoms with Gasteiger partial charge in [-0.1, -0.05) is 6.92 Å². The third-order valence-electron chi connectivity index (χ3n) is 3.54. The summed E-state index contributed by atoms with van der Waals surface area (Å²) in [4.78, 5) is 14.4. The van der Waals surface area contributed by atoms with E-state index in [2.05, 4.69) is 13.8 Å². The summed E-state index contributed by atoms with van der Waals surface area (Å²) in [6.45, 7) is 5.05. The lowest BCUT2D eigenvalue weighted by Gasteiger charge is -2.37. The summed E-state index contributed by atoms with van der Waals surface area (Å²) in [5, 5.41) is 0. The first-order valence-electron chi connectivity index (χ1n) is 6.25. The second-order valence-corrected chi connectivity index (χ2v) is 6.28. The summed E-state index contributed by atoms with van der Waals surface area (Å²) < 4.78 is 13.7. The number of hydrogen-bond acceptors (Lipinski definition) is 1. The topological polar surface area (TPSA) is 20.3 Å². The molecule has 0 spiro atoms. The van der Waals surface area contributed by atoms with Crippen molar-refractivity contribution in [1.29, 1.82) is 0 Å². The molecule has 18 heavy (non-hydrogen) atoms. The van der Waals surface area contributed by atoms with Gasteiger partial charge in [0.25, 0.3) is 5.91 Å². The number of piperidine rings is 1. The van der Waals surface area contributed by atoms with Crippen molar-refractivity contribution < 1.29 is 9.18 Å². The Kier molecular flexibility index (Phi) is 4.25. The summed E-state index contributed by atoms with van der Waals surface area (Å²) in [6, 6.07) is 4.62. The van der Waals surface area contributed by atoms with E-state index in [4.69, 9.17) is 0 Å². The van der Waals surface area contributed by atoms with E-state index in [1.54, 1.807) is 6.07 Å². The molecule has 2 atom stereocenters. The third kappa shape index (κ3) is 2.84. The third-order valence-corrected chi connectivity index (χ3v) is 4.43. The predicted molar refractivity (Wildman–Crippen MR) is 78.0 cm³/mol. The Morgan fingerprint density at radius 1 is 1.39 bits per heavy atom. The summed E-state index contributed by atoms with van der Waals surface area (Å²) in [7, 11) is 0. The minimum Gasteiger partial charge on any atom is -0.336 e. The molecule has 98 valence electrons. The fourth-order valence-corrected chi connectivity index (χ4v) is 3.10. The number of nitrogens with zero attached hydrogens (tertiary/aromatic N) is 1. The van der Waals surface area contributed by atoms with Gasteiger partial charge in [0.2, 0.25) is 0 Å². The fraction of sp³-hybridized carbons (Fsp3) is 0.500. The van der Waals surface area contributed by atoms with Gasteiger partial charge in [-0.3, -0.25) is 4.79 Å². The van der Waals surface area contributed by atoms with E-state index >= 15 is 0 Å². The molecule has 2 unspecified atom stereocenters. The number of amides is 1. The summed E-state index contributed by atoms with van der Waals surface area (Å²) in [5.74, 6) is 0.276. The van der Waals surface area contributed by atoms with Crippen LogP contribution in [0.25, 0.3) is 0 Å². The first kappa shape index (κ1) is 13.8. The number of rotatable bonds is 1. The second-order valence-electron chi connectivity index (χ2n) is 5.11. The molecule has 1 aliphatic heterocycles. The maximum absolute atomic E-state index is 13.1. The van der Waals surface area contributed by atoms with Crippen LogP contribution >= 0.6 is 22.6 Å². The minimum absolute atomic E-state index is 0.0263. The number of likely N-dealkylation sites (tertiary alicyclic amines) is 1. The molecule has 1 fully saturated rings. The Hall–Kier alpha value is -0.650. The average molecular weight is 361 g/mol. The van der Waals surface area contributed by atoms with Crippen molar-refractivity contribution in [3.63, 3.8) is 0 Å². The molecule has 1 aromatic carbocycles. The molecule has 2 rings (SSSR count). The standard InChI is InChI=1S/C14H17FINO/c1-9-3-4-10(2)17(8-9)14(18)12-6-5-11(15)7-13(12)16/h5-7,9-10H,3-4,8H2,1-2H3. The lowest BCUT2D eigenvalue weighted by molar-refractivity contribution is 0.0573. The highest BCUT2D eigenvalue weighted by Crippen LogP contribution is 2.25. The SMILES string of the molecule is CC1CCC(C)N(C(=O)c2ccc(F)cc2I)C1. The number of carbonyl (C=O) groups is 1. The van der Waals surface area contributed by atoms with E-state index in [-0.39, 0.29) is 17.8 Å². The van der Waals surface area contributed by atoms with Crippen LogP contribution in [0.2, 0.25) is 0 Å². The van der Waals surface area contributed by atoms with Crippen LogP contribution in [-0.2, 0) is 0 Å². The van der Waals surface area contributed by atoms with E-state index in [9.17, 15) is 9.18 Å². The highest BCUT2D eigenvalue weighted by atomic mass is 127. The Morgan fingerprint density at radius 3 is 2.78 bits per heavy atom. The normalized spacial score (nSPS) is 24.1. The number of carbonyl (C=O) groups excluding carboxylic acids is 1. The van der Waals surface area contributed by atoms with E-state index in [1.165, 1.54) is 18.6 Å². The van der Waals surface area contributed by atoms with Crippen molar-refractivity contribution in [1.82, 2.24) is 4.90 Å². The van der Waals surface area contributed by atoms with Crippen molar-refractivity contribution in [2.45, 2.75) is 32.7 Å². The van der Waals surface area contributed by atoms with Gasteiger partial charge in [-0.05, 0) is 66.5 Å². The zero-order valence-electron chi connectivity index (χ0n) is 10.6. The van der Waals surface area contributed by atoms with Gasteiger partial charge in [0.15, 0.2) is 0 Å². The number of benzene rings is 1. The van der Waals surface area contributed by atoms with E-state index in [0.717, 1.165) is 13.0 Å². The molecule has 0 aromatic heterocycles. The number of halogens is 2. The van der Waals surface area contributed by atoms with Crippen LogP contribution in [0.3, 0.4) is 0 Å². The summed E-state index contributed by atoms with van der Waals surface area (Å²) in [6.07, 6.45) is 2.22. The summed E-state index contributed by atoms with van der Waals surface area (Å²) >= 11 is 2.02. The van der Waals surface area contributed by atoms with Crippen LogP contribution in [0, 0.1) is 15.3 Å². The van der Waals surface area contributed by atoms with Gasteiger partial charge in [-0.25, -0.2) is 4.39 Å². The summed E-state index contributed by atoms with van der Waals surface area (Å²) in [5.41, 5.74) is 0.609. The van der Waals surface area contributed by atoms with Crippen molar-refractivity contribution in [2.24, 2.45) is 5.92 Å². The van der Waals surface area contributed by atoms with Crippen molar-refractivity contribution in [2.75, 3.05) is 6.54 Å². The van der Waals surface area contributed by atoms with Crippen LogP contribution in [0.1, 0.15) is 37.0 Å². The van der Waals surface area contributed by atoms with Crippen LogP contribution < -0.4 is 0 Å². The van der Waals surface area contributed by atoms with Crippen LogP contribution in [-0.4, -0.2) is 23.4 Å². The Balaban J connectivity index is 2.24. The molecule has 4 heteroatoms. The lowest BCUT2D eigenvalue weighted by atomic mass is 9.94. The monoisotopic (exact) mass is 361 g/mol. The zero-order chi connectivity index (χ0) is 13.3. The highest BCUT2D eigenvalue weighted by Gasteiger charge is 2.28. The quantitative estimate of drug-likeness (QED) is 0.699. The Morgan fingerprint density at radius 2 is 2.11 bits per heavy atom. The minimum atomic E-state index is -0.295. The smallest absolute Gasteiger partial charge is 0.255 e. The second kappa shape index (κ2) is 5.55. The van der Waals surface area contributed by atoms with Gasteiger partial charge in [-0.2, -0.15) is 0 Å². The van der Waals surface area contributed by atoms with Gasteiger partial charge in [0.05, 0.1) is 5.56 Å². The van der Waals surface area contributed by atoms with Crippen LogP contribution in [0.15, 0.2) is 18.2 Å². The Labute approximate surface area is 121 Å². The molecule has 1 saturated heterocycles. The average Bonchev–Trinajstić information content (AvgIpc) is 2.31. The molecule has 2 nitrogen and oxygen atoms in total. The van der Waals surface area contributed by atoms with Gasteiger partial charge in [-0.15, -0.1) is 0 Å². The number of hydrogen-bond donors (Lipinski definition) is 0. The Bertz CT molecular complexity index is 463. The van der Waals surface area contributed by atoms with Gasteiger partial charge in [0.1, 0.15) is 5.82 Å². The maximum Gasteiger partial charge on any atom is 0.255 e. The predicted octanol–water partition coefficient (Wildman–Crippen LogP) is 3.69. The molecule has 1 heterocycles. The molecule has 0 aliphatic carbocycles. The van der Waals surface area contributed by atoms with E-state index < -0.39 is 0 Å². The van der Waals surface area contributed by atoms with Crippen molar-refractivity contribution >= 4 is 28.5 Å². The molecule has 0 bridgehead atoms. The molecule has 1 amide bonds. The maximum atomic E-state index is 13.1. The van der Waals surface area contributed by atoms with Crippen LogP contribution in [0.5, 0.6) is 0 Å². The van der Waals surface area contributed by atoms with Gasteiger partial charge in [0, 0.05) is 16.2 Å². The highest BCUT2D eigenvalue weighted by molar-refractivity contribution is 14.1. The molecule has 0 radical (unpaired) electrons. The van der Waals surface area contributed by atoms with E-state index in [1.807, 2.05) is 27.5 Å². The zero-order valence-corrected chi connectivity index (χ0v) is 12.8. The molecule has 0 saturated carbocycles. The molecule has 1 aromatic rings. The van der Waals surface area contributed by atoms with E-state index in [0.29, 0.717) is 15.1 Å². The largest absolute Gasteiger partial charge is 0.336 e.